The number of hydrogen-bond donors (Lipinski definition) is 12. The average molecular weight is 870 g/mol. The Balaban J connectivity index is 3.29. The molecule has 0 saturated carbocycles. The SMILES string of the molecule is CCC(C)C(NC(=O)C(CC(=O)O)NC(=O)C(NC(=O)C(CCSC)NC(=O)C(CC(=O)O)NC(=O)C(CCC(=O)O)NC(=O)C(N)Cc1ccccc1)C(C)O)C(=O)O. The van der Waals surface area contributed by atoms with Gasteiger partial charge >= 0.3 is 23.9 Å². The van der Waals surface area contributed by atoms with Crippen LogP contribution in [0.1, 0.15) is 64.9 Å². The number of benzene rings is 1. The minimum absolute atomic E-state index is 0.0465. The molecule has 0 aliphatic heterocycles. The maximum Gasteiger partial charge on any atom is 0.326 e. The molecule has 60 heavy (non-hydrogen) atoms. The first kappa shape index (κ1) is 52.2. The average Bonchev–Trinajstić information content (AvgIpc) is 3.17. The van der Waals surface area contributed by atoms with Crippen LogP contribution in [-0.4, -0.2) is 145 Å². The fourth-order valence-corrected chi connectivity index (χ4v) is 5.92. The smallest absolute Gasteiger partial charge is 0.326 e. The molecular weight excluding hydrogens is 815 g/mol. The second-order valence-electron chi connectivity index (χ2n) is 13.9. The lowest BCUT2D eigenvalue weighted by Crippen LogP contribution is -2.62. The number of hydrogen-bond acceptors (Lipinski definition) is 13. The molecule has 0 radical (unpaired) electrons. The number of aliphatic hydroxyl groups is 1. The van der Waals surface area contributed by atoms with E-state index in [-0.39, 0.29) is 18.6 Å². The number of nitrogens with one attached hydrogen (secondary N) is 6. The van der Waals surface area contributed by atoms with Crippen molar-refractivity contribution in [2.45, 2.75) is 114 Å². The molecule has 1 rings (SSSR count). The summed E-state index contributed by atoms with van der Waals surface area (Å²) in [6.07, 6.45) is -3.03. The second-order valence-corrected chi connectivity index (χ2v) is 14.9. The number of thioether (sulfide) groups is 1. The third-order valence-electron chi connectivity index (χ3n) is 9.02. The summed E-state index contributed by atoms with van der Waals surface area (Å²) in [5.41, 5.74) is 6.70. The van der Waals surface area contributed by atoms with Gasteiger partial charge in [-0.25, -0.2) is 4.79 Å². The monoisotopic (exact) mass is 869 g/mol. The third-order valence-corrected chi connectivity index (χ3v) is 9.67. The van der Waals surface area contributed by atoms with Gasteiger partial charge in [-0.15, -0.1) is 0 Å². The van der Waals surface area contributed by atoms with Gasteiger partial charge in [-0.05, 0) is 49.7 Å². The molecule has 0 heterocycles. The Kier molecular flexibility index (Phi) is 22.9. The number of aliphatic hydroxyl groups excluding tert-OH is 1. The fraction of sp³-hybridized carbons (Fsp3) is 0.568. The first-order valence-electron chi connectivity index (χ1n) is 18.8. The van der Waals surface area contributed by atoms with E-state index in [4.69, 9.17) is 5.73 Å². The highest BCUT2D eigenvalue weighted by molar-refractivity contribution is 7.98. The van der Waals surface area contributed by atoms with E-state index in [1.807, 2.05) is 0 Å². The Morgan fingerprint density at radius 1 is 0.617 bits per heavy atom. The zero-order chi connectivity index (χ0) is 45.7. The van der Waals surface area contributed by atoms with E-state index >= 15 is 0 Å². The van der Waals surface area contributed by atoms with Gasteiger partial charge in [0.1, 0.15) is 36.3 Å². The molecule has 6 amide bonds. The molecule has 0 saturated heterocycles. The van der Waals surface area contributed by atoms with Crippen molar-refractivity contribution in [2.24, 2.45) is 11.7 Å². The quantitative estimate of drug-likeness (QED) is 0.0416. The van der Waals surface area contributed by atoms with E-state index in [0.29, 0.717) is 12.0 Å². The Bertz CT molecular complexity index is 1680. The van der Waals surface area contributed by atoms with Crippen LogP contribution in [0.25, 0.3) is 0 Å². The first-order valence-corrected chi connectivity index (χ1v) is 20.2. The van der Waals surface area contributed by atoms with E-state index in [9.17, 15) is 73.5 Å². The molecular formula is C37H55N7O15S. The number of rotatable bonds is 28. The molecule has 13 N–H and O–H groups in total. The van der Waals surface area contributed by atoms with Crippen LogP contribution in [0.5, 0.6) is 0 Å². The third kappa shape index (κ3) is 18.8. The Labute approximate surface area is 349 Å². The van der Waals surface area contributed by atoms with Crippen LogP contribution in [-0.2, 0) is 54.4 Å². The van der Waals surface area contributed by atoms with Crippen molar-refractivity contribution in [1.82, 2.24) is 31.9 Å². The van der Waals surface area contributed by atoms with Crippen LogP contribution in [0, 0.1) is 5.92 Å². The highest BCUT2D eigenvalue weighted by atomic mass is 32.2. The summed E-state index contributed by atoms with van der Waals surface area (Å²) in [6.45, 7) is 4.25. The van der Waals surface area contributed by atoms with Gasteiger partial charge in [0.25, 0.3) is 0 Å². The second kappa shape index (κ2) is 26.3. The van der Waals surface area contributed by atoms with E-state index < -0.39 is 139 Å². The van der Waals surface area contributed by atoms with Crippen LogP contribution < -0.4 is 37.6 Å². The van der Waals surface area contributed by atoms with Gasteiger partial charge in [-0.1, -0.05) is 50.6 Å². The van der Waals surface area contributed by atoms with Crippen molar-refractivity contribution in [3.63, 3.8) is 0 Å². The Morgan fingerprint density at radius 3 is 1.55 bits per heavy atom. The summed E-state index contributed by atoms with van der Waals surface area (Å²) in [5, 5.41) is 61.6. The molecule has 0 aromatic heterocycles. The van der Waals surface area contributed by atoms with Crippen molar-refractivity contribution in [2.75, 3.05) is 12.0 Å². The minimum Gasteiger partial charge on any atom is -0.481 e. The summed E-state index contributed by atoms with van der Waals surface area (Å²) in [7, 11) is 0. The van der Waals surface area contributed by atoms with E-state index in [2.05, 4.69) is 31.9 Å². The molecule has 22 nitrogen and oxygen atoms in total. The number of carboxylic acid groups (broad SMARTS) is 4. The predicted molar refractivity (Wildman–Crippen MR) is 213 cm³/mol. The van der Waals surface area contributed by atoms with Gasteiger partial charge in [0.15, 0.2) is 0 Å². The van der Waals surface area contributed by atoms with Crippen LogP contribution in [0.3, 0.4) is 0 Å². The summed E-state index contributed by atoms with van der Waals surface area (Å²) in [4.78, 5) is 126. The van der Waals surface area contributed by atoms with Crippen molar-refractivity contribution in [3.8, 4) is 0 Å². The summed E-state index contributed by atoms with van der Waals surface area (Å²) >= 11 is 1.22. The Hall–Kier alpha value is -5.81. The van der Waals surface area contributed by atoms with Crippen molar-refractivity contribution in [3.05, 3.63) is 35.9 Å². The van der Waals surface area contributed by atoms with Gasteiger partial charge in [0.2, 0.25) is 35.4 Å². The zero-order valence-corrected chi connectivity index (χ0v) is 34.4. The van der Waals surface area contributed by atoms with Crippen LogP contribution in [0.4, 0.5) is 0 Å². The Morgan fingerprint density at radius 2 is 1.07 bits per heavy atom. The number of carboxylic acids is 4. The molecule has 9 unspecified atom stereocenters. The number of amides is 6. The maximum atomic E-state index is 13.6. The van der Waals surface area contributed by atoms with E-state index in [1.54, 1.807) is 43.5 Å². The van der Waals surface area contributed by atoms with Gasteiger partial charge < -0.3 is 63.2 Å². The molecule has 9 atom stereocenters. The van der Waals surface area contributed by atoms with Crippen LogP contribution >= 0.6 is 11.8 Å². The van der Waals surface area contributed by atoms with Crippen LogP contribution in [0.15, 0.2) is 30.3 Å². The van der Waals surface area contributed by atoms with Crippen molar-refractivity contribution in [1.29, 1.82) is 0 Å². The maximum absolute atomic E-state index is 13.6. The molecule has 0 bridgehead atoms. The lowest BCUT2D eigenvalue weighted by Gasteiger charge is -2.28. The number of carbonyl (C=O) groups excluding carboxylic acids is 6. The van der Waals surface area contributed by atoms with Gasteiger partial charge in [0.05, 0.1) is 25.0 Å². The highest BCUT2D eigenvalue weighted by Gasteiger charge is 2.36. The molecule has 0 aliphatic carbocycles. The molecule has 0 aliphatic rings. The fourth-order valence-electron chi connectivity index (χ4n) is 5.45. The topological polar surface area (TPSA) is 370 Å². The summed E-state index contributed by atoms with van der Waals surface area (Å²) in [5.74, 6) is -13.1. The van der Waals surface area contributed by atoms with Gasteiger partial charge in [-0.3, -0.25) is 43.2 Å². The molecule has 0 fully saturated rings. The molecule has 23 heteroatoms. The molecule has 1 aromatic rings. The number of carbonyl (C=O) groups is 10. The lowest BCUT2D eigenvalue weighted by molar-refractivity contribution is -0.145. The number of aliphatic carboxylic acids is 4. The minimum atomic E-state index is -1.90. The predicted octanol–water partition coefficient (Wildman–Crippen LogP) is -2.46. The lowest BCUT2D eigenvalue weighted by atomic mass is 9.98. The van der Waals surface area contributed by atoms with Crippen molar-refractivity contribution >= 4 is 71.1 Å². The van der Waals surface area contributed by atoms with Gasteiger partial charge in [0, 0.05) is 6.42 Å². The molecule has 0 spiro atoms. The van der Waals surface area contributed by atoms with Gasteiger partial charge in [-0.2, -0.15) is 11.8 Å². The first-order chi connectivity index (χ1) is 28.1. The highest BCUT2D eigenvalue weighted by Crippen LogP contribution is 2.11. The zero-order valence-electron chi connectivity index (χ0n) is 33.5. The van der Waals surface area contributed by atoms with Crippen molar-refractivity contribution < 1.29 is 73.5 Å². The largest absolute Gasteiger partial charge is 0.481 e. The normalized spacial score (nSPS) is 15.4. The number of nitrogens with two attached hydrogens (primary N) is 1. The molecule has 334 valence electrons. The van der Waals surface area contributed by atoms with E-state index in [1.165, 1.54) is 18.7 Å². The standard InChI is InChI=1S/C37H55N7O15S/c1-5-18(2)29(37(58)59)43-35(56)25(17-28(50)51)42-36(57)30(19(3)45)44-33(54)23(13-14-60-4)40-34(55)24(16-27(48)49)41-32(53)22(11-12-26(46)47)39-31(52)21(38)15-20-9-7-6-8-10-20/h6-10,18-19,21-25,29-30,45H,5,11-17,38H2,1-4H3,(H,39,52)(H,40,55)(H,41,53)(H,42,57)(H,43,56)(H,44,54)(H,46,47)(H,48,49)(H,50,51)(H,58,59). The van der Waals surface area contributed by atoms with Crippen LogP contribution in [0.2, 0.25) is 0 Å². The summed E-state index contributed by atoms with van der Waals surface area (Å²) < 4.78 is 0. The molecule has 1 aromatic carbocycles. The summed E-state index contributed by atoms with van der Waals surface area (Å²) in [6, 6.07) is -2.87. The van der Waals surface area contributed by atoms with E-state index in [0.717, 1.165) is 6.92 Å².